The topological polar surface area (TPSA) is 30.0 Å². The second kappa shape index (κ2) is 4.44. The standard InChI is InChI=1S/C14H15NO/c1-10(2)9-14(16)12-5-3-7-13-11(12)6-4-8-15-13/h3-8,10H,9H2,1-2H3. The number of hydrogen-bond donors (Lipinski definition) is 0. The van der Waals surface area contributed by atoms with E-state index in [-0.39, 0.29) is 5.78 Å². The average Bonchev–Trinajstić information content (AvgIpc) is 2.27. The zero-order chi connectivity index (χ0) is 11.5. The molecule has 0 aliphatic rings. The highest BCUT2D eigenvalue weighted by Gasteiger charge is 2.11. The first-order valence-electron chi connectivity index (χ1n) is 5.55. The minimum absolute atomic E-state index is 0.202. The molecule has 2 heteroatoms. The van der Waals surface area contributed by atoms with Crippen molar-refractivity contribution in [3.63, 3.8) is 0 Å². The van der Waals surface area contributed by atoms with Gasteiger partial charge in [0.2, 0.25) is 0 Å². The lowest BCUT2D eigenvalue weighted by molar-refractivity contribution is 0.0969. The maximum absolute atomic E-state index is 12.0. The lowest BCUT2D eigenvalue weighted by Crippen LogP contribution is -2.04. The van der Waals surface area contributed by atoms with Crippen LogP contribution in [0.1, 0.15) is 30.6 Å². The van der Waals surface area contributed by atoms with Crippen molar-refractivity contribution in [3.05, 3.63) is 42.1 Å². The number of carbonyl (C=O) groups is 1. The first kappa shape index (κ1) is 10.8. The maximum Gasteiger partial charge on any atom is 0.163 e. The number of pyridine rings is 1. The van der Waals surface area contributed by atoms with Gasteiger partial charge in [0.25, 0.3) is 0 Å². The second-order valence-corrected chi connectivity index (χ2v) is 4.40. The van der Waals surface area contributed by atoms with Crippen LogP contribution in [0.15, 0.2) is 36.5 Å². The van der Waals surface area contributed by atoms with E-state index < -0.39 is 0 Å². The van der Waals surface area contributed by atoms with Crippen LogP contribution in [0, 0.1) is 5.92 Å². The summed E-state index contributed by atoms with van der Waals surface area (Å²) in [6.07, 6.45) is 2.34. The Kier molecular flexibility index (Phi) is 3.00. The number of hydrogen-bond acceptors (Lipinski definition) is 2. The number of benzene rings is 1. The van der Waals surface area contributed by atoms with Crippen LogP contribution in [-0.2, 0) is 0 Å². The van der Waals surface area contributed by atoms with Crippen LogP contribution in [0.2, 0.25) is 0 Å². The Morgan fingerprint density at radius 2 is 2.06 bits per heavy atom. The Bertz CT molecular complexity index is 512. The quantitative estimate of drug-likeness (QED) is 0.731. The molecule has 0 N–H and O–H groups in total. The summed E-state index contributed by atoms with van der Waals surface area (Å²) in [6, 6.07) is 9.53. The summed E-state index contributed by atoms with van der Waals surface area (Å²) >= 11 is 0. The smallest absolute Gasteiger partial charge is 0.163 e. The first-order valence-corrected chi connectivity index (χ1v) is 5.55. The van der Waals surface area contributed by atoms with Gasteiger partial charge in [-0.05, 0) is 18.1 Å². The van der Waals surface area contributed by atoms with E-state index in [9.17, 15) is 4.79 Å². The molecule has 0 saturated carbocycles. The van der Waals surface area contributed by atoms with E-state index in [4.69, 9.17) is 0 Å². The number of fused-ring (bicyclic) bond motifs is 1. The molecule has 0 aliphatic heterocycles. The molecule has 16 heavy (non-hydrogen) atoms. The fourth-order valence-electron chi connectivity index (χ4n) is 1.83. The Labute approximate surface area is 95.3 Å². The summed E-state index contributed by atoms with van der Waals surface area (Å²) in [7, 11) is 0. The number of ketones is 1. The van der Waals surface area contributed by atoms with Gasteiger partial charge in [-0.2, -0.15) is 0 Å². The van der Waals surface area contributed by atoms with Gasteiger partial charge in [-0.3, -0.25) is 9.78 Å². The summed E-state index contributed by atoms with van der Waals surface area (Å²) < 4.78 is 0. The van der Waals surface area contributed by atoms with Crippen LogP contribution in [0.3, 0.4) is 0 Å². The van der Waals surface area contributed by atoms with Gasteiger partial charge in [0.05, 0.1) is 5.52 Å². The van der Waals surface area contributed by atoms with Gasteiger partial charge < -0.3 is 0 Å². The molecule has 1 heterocycles. The monoisotopic (exact) mass is 213 g/mol. The number of rotatable bonds is 3. The van der Waals surface area contributed by atoms with Gasteiger partial charge in [-0.15, -0.1) is 0 Å². The highest BCUT2D eigenvalue weighted by Crippen LogP contribution is 2.19. The number of nitrogens with zero attached hydrogens (tertiary/aromatic N) is 1. The molecular formula is C14H15NO. The largest absolute Gasteiger partial charge is 0.294 e. The average molecular weight is 213 g/mol. The van der Waals surface area contributed by atoms with Crippen LogP contribution < -0.4 is 0 Å². The molecule has 0 atom stereocenters. The van der Waals surface area contributed by atoms with E-state index in [1.807, 2.05) is 30.3 Å². The van der Waals surface area contributed by atoms with Crippen molar-refractivity contribution in [2.45, 2.75) is 20.3 Å². The van der Waals surface area contributed by atoms with Crippen molar-refractivity contribution in [1.82, 2.24) is 4.98 Å². The summed E-state index contributed by atoms with van der Waals surface area (Å²) in [6.45, 7) is 4.11. The molecule has 0 saturated heterocycles. The molecule has 2 rings (SSSR count). The summed E-state index contributed by atoms with van der Waals surface area (Å²) in [5, 5.41) is 0.954. The van der Waals surface area contributed by atoms with Gasteiger partial charge in [0.15, 0.2) is 5.78 Å². The van der Waals surface area contributed by atoms with Crippen molar-refractivity contribution in [2.75, 3.05) is 0 Å². The fraction of sp³-hybridized carbons (Fsp3) is 0.286. The van der Waals surface area contributed by atoms with Crippen LogP contribution in [-0.4, -0.2) is 10.8 Å². The number of Topliss-reactive ketones (excluding diaryl/α,β-unsaturated/α-hetero) is 1. The molecule has 0 unspecified atom stereocenters. The van der Waals surface area contributed by atoms with Crippen molar-refractivity contribution < 1.29 is 4.79 Å². The predicted octanol–water partition coefficient (Wildman–Crippen LogP) is 3.46. The minimum atomic E-state index is 0.202. The highest BCUT2D eigenvalue weighted by atomic mass is 16.1. The van der Waals surface area contributed by atoms with Crippen molar-refractivity contribution in [3.8, 4) is 0 Å². The van der Waals surface area contributed by atoms with Crippen molar-refractivity contribution in [1.29, 1.82) is 0 Å². The van der Waals surface area contributed by atoms with Crippen LogP contribution in [0.5, 0.6) is 0 Å². The summed E-state index contributed by atoms with van der Waals surface area (Å²) in [5.41, 5.74) is 1.68. The molecule has 0 fully saturated rings. The van der Waals surface area contributed by atoms with Crippen molar-refractivity contribution in [2.24, 2.45) is 5.92 Å². The van der Waals surface area contributed by atoms with Crippen LogP contribution in [0.25, 0.3) is 10.9 Å². The Hall–Kier alpha value is -1.70. The van der Waals surface area contributed by atoms with E-state index in [1.165, 1.54) is 0 Å². The van der Waals surface area contributed by atoms with E-state index >= 15 is 0 Å². The fourth-order valence-corrected chi connectivity index (χ4v) is 1.83. The molecule has 0 bridgehead atoms. The third kappa shape index (κ3) is 2.11. The molecule has 2 nitrogen and oxygen atoms in total. The first-order chi connectivity index (χ1) is 7.68. The molecule has 0 amide bonds. The normalized spacial score (nSPS) is 10.9. The maximum atomic E-state index is 12.0. The molecule has 2 aromatic rings. The van der Waals surface area contributed by atoms with Crippen LogP contribution in [0.4, 0.5) is 0 Å². The van der Waals surface area contributed by atoms with Gasteiger partial charge in [-0.1, -0.05) is 32.0 Å². The Morgan fingerprint density at radius 1 is 1.25 bits per heavy atom. The van der Waals surface area contributed by atoms with Crippen molar-refractivity contribution >= 4 is 16.7 Å². The molecular weight excluding hydrogens is 198 g/mol. The van der Waals surface area contributed by atoms with E-state index in [1.54, 1.807) is 6.20 Å². The van der Waals surface area contributed by atoms with Gasteiger partial charge in [-0.25, -0.2) is 0 Å². The highest BCUT2D eigenvalue weighted by molar-refractivity contribution is 6.07. The lowest BCUT2D eigenvalue weighted by atomic mass is 9.98. The zero-order valence-corrected chi connectivity index (χ0v) is 9.60. The SMILES string of the molecule is CC(C)CC(=O)c1cccc2ncccc12. The van der Waals surface area contributed by atoms with E-state index in [2.05, 4.69) is 18.8 Å². The Morgan fingerprint density at radius 3 is 2.81 bits per heavy atom. The van der Waals surface area contributed by atoms with Gasteiger partial charge in [0.1, 0.15) is 0 Å². The minimum Gasteiger partial charge on any atom is -0.294 e. The zero-order valence-electron chi connectivity index (χ0n) is 9.60. The third-order valence-electron chi connectivity index (χ3n) is 2.54. The summed E-state index contributed by atoms with van der Waals surface area (Å²) in [5.74, 6) is 0.591. The predicted molar refractivity (Wildman–Crippen MR) is 65.5 cm³/mol. The Balaban J connectivity index is 2.48. The third-order valence-corrected chi connectivity index (χ3v) is 2.54. The second-order valence-electron chi connectivity index (χ2n) is 4.40. The molecule has 82 valence electrons. The molecule has 0 radical (unpaired) electrons. The molecule has 1 aromatic carbocycles. The lowest BCUT2D eigenvalue weighted by Gasteiger charge is -2.06. The number of carbonyl (C=O) groups excluding carboxylic acids is 1. The van der Waals surface area contributed by atoms with Gasteiger partial charge in [0, 0.05) is 23.6 Å². The number of aromatic nitrogens is 1. The molecule has 0 spiro atoms. The molecule has 1 aromatic heterocycles. The summed E-state index contributed by atoms with van der Waals surface area (Å²) in [4.78, 5) is 16.3. The van der Waals surface area contributed by atoms with E-state index in [0.29, 0.717) is 12.3 Å². The van der Waals surface area contributed by atoms with E-state index in [0.717, 1.165) is 16.5 Å². The van der Waals surface area contributed by atoms with Crippen LogP contribution >= 0.6 is 0 Å². The molecule has 0 aliphatic carbocycles. The van der Waals surface area contributed by atoms with Gasteiger partial charge >= 0.3 is 0 Å².